The van der Waals surface area contributed by atoms with Crippen molar-refractivity contribution in [2.24, 2.45) is 5.92 Å². The number of furan rings is 1. The molecule has 0 aliphatic heterocycles. The van der Waals surface area contributed by atoms with Crippen molar-refractivity contribution in [2.45, 2.75) is 57.8 Å². The average Bonchev–Trinajstić information content (AvgIpc) is 3.22. The summed E-state index contributed by atoms with van der Waals surface area (Å²) in [5.74, 6) is 0.525. The maximum absolute atomic E-state index is 13.2. The highest BCUT2D eigenvalue weighted by Crippen LogP contribution is 2.51. The van der Waals surface area contributed by atoms with Crippen molar-refractivity contribution < 1.29 is 9.21 Å². The van der Waals surface area contributed by atoms with E-state index in [-0.39, 0.29) is 17.1 Å². The van der Waals surface area contributed by atoms with Gasteiger partial charge in [-0.2, -0.15) is 0 Å². The summed E-state index contributed by atoms with van der Waals surface area (Å²) in [5.41, 5.74) is 2.65. The minimum absolute atomic E-state index is 0.141. The highest BCUT2D eigenvalue weighted by Gasteiger charge is 2.43. The van der Waals surface area contributed by atoms with E-state index in [9.17, 15) is 4.79 Å². The fourth-order valence-corrected chi connectivity index (χ4v) is 5.38. The predicted molar refractivity (Wildman–Crippen MR) is 112 cm³/mol. The van der Waals surface area contributed by atoms with Crippen LogP contribution in [0.15, 0.2) is 47.5 Å². The van der Waals surface area contributed by atoms with Crippen LogP contribution in [-0.4, -0.2) is 15.8 Å². The van der Waals surface area contributed by atoms with Gasteiger partial charge in [-0.25, -0.2) is 4.98 Å². The van der Waals surface area contributed by atoms with Crippen LogP contribution in [-0.2, 0) is 5.41 Å². The largest absolute Gasteiger partial charge is 0.472 e. The van der Waals surface area contributed by atoms with Gasteiger partial charge in [0.05, 0.1) is 17.5 Å². The van der Waals surface area contributed by atoms with Gasteiger partial charge in [-0.15, -0.1) is 11.3 Å². The van der Waals surface area contributed by atoms with Crippen LogP contribution in [0.25, 0.3) is 10.6 Å². The van der Waals surface area contributed by atoms with Crippen molar-refractivity contribution >= 4 is 17.1 Å². The molecule has 0 spiro atoms. The van der Waals surface area contributed by atoms with E-state index in [1.54, 1.807) is 36.1 Å². The van der Waals surface area contributed by atoms with Gasteiger partial charge in [-0.05, 0) is 37.5 Å². The Morgan fingerprint density at radius 3 is 2.82 bits per heavy atom. The van der Waals surface area contributed by atoms with Crippen molar-refractivity contribution in [1.82, 2.24) is 9.97 Å². The van der Waals surface area contributed by atoms with Gasteiger partial charge < -0.3 is 4.42 Å². The lowest BCUT2D eigenvalue weighted by atomic mass is 9.70. The van der Waals surface area contributed by atoms with E-state index in [1.807, 2.05) is 12.3 Å². The zero-order valence-electron chi connectivity index (χ0n) is 16.6. The molecule has 3 heterocycles. The molecule has 4 rings (SSSR count). The highest BCUT2D eigenvalue weighted by atomic mass is 32.1. The van der Waals surface area contributed by atoms with E-state index >= 15 is 0 Å². The molecule has 0 radical (unpaired) electrons. The summed E-state index contributed by atoms with van der Waals surface area (Å²) in [5, 5.41) is 1.01. The summed E-state index contributed by atoms with van der Waals surface area (Å²) in [6.45, 7) is 6.49. The van der Waals surface area contributed by atoms with E-state index in [0.29, 0.717) is 11.5 Å². The molecule has 0 N–H and O–H groups in total. The summed E-state index contributed by atoms with van der Waals surface area (Å²) in [6.07, 6.45) is 11.1. The predicted octanol–water partition coefficient (Wildman–Crippen LogP) is 6.25. The van der Waals surface area contributed by atoms with Gasteiger partial charge in [-0.3, -0.25) is 9.78 Å². The lowest BCUT2D eigenvalue weighted by molar-refractivity contribution is 0.0864. The maximum atomic E-state index is 13.2. The first-order chi connectivity index (χ1) is 13.5. The second-order valence-electron chi connectivity index (χ2n) is 8.01. The molecule has 3 aromatic heterocycles. The van der Waals surface area contributed by atoms with Crippen LogP contribution in [0.3, 0.4) is 0 Å². The number of ketones is 1. The minimum atomic E-state index is -0.251. The Morgan fingerprint density at radius 2 is 2.21 bits per heavy atom. The zero-order valence-corrected chi connectivity index (χ0v) is 17.5. The molecule has 0 bridgehead atoms. The minimum Gasteiger partial charge on any atom is -0.472 e. The van der Waals surface area contributed by atoms with Crippen LogP contribution in [0.2, 0.25) is 0 Å². The first-order valence-electron chi connectivity index (χ1n) is 10.0. The third-order valence-electron chi connectivity index (χ3n) is 5.97. The quantitative estimate of drug-likeness (QED) is 0.424. The summed E-state index contributed by atoms with van der Waals surface area (Å²) in [6, 6.07) is 5.77. The molecular weight excluding hydrogens is 368 g/mol. The second kappa shape index (κ2) is 7.63. The maximum Gasteiger partial charge on any atom is 0.169 e. The number of nitrogens with zero attached hydrogens (tertiary/aromatic N) is 2. The van der Waals surface area contributed by atoms with Crippen LogP contribution in [0, 0.1) is 5.92 Å². The Hall–Kier alpha value is -2.27. The molecule has 28 heavy (non-hydrogen) atoms. The molecule has 1 saturated carbocycles. The third-order valence-corrected chi connectivity index (χ3v) is 7.37. The normalized spacial score (nSPS) is 17.2. The Kier molecular flexibility index (Phi) is 5.19. The van der Waals surface area contributed by atoms with Crippen LogP contribution in [0.4, 0.5) is 0 Å². The van der Waals surface area contributed by atoms with Gasteiger partial charge in [0.2, 0.25) is 0 Å². The van der Waals surface area contributed by atoms with Crippen LogP contribution in [0.5, 0.6) is 0 Å². The zero-order chi connectivity index (χ0) is 19.7. The average molecular weight is 395 g/mol. The molecule has 1 aliphatic carbocycles. The van der Waals surface area contributed by atoms with Gasteiger partial charge >= 0.3 is 0 Å². The molecule has 0 aromatic carbocycles. The molecule has 2 atom stereocenters. The number of pyridine rings is 1. The van der Waals surface area contributed by atoms with Gasteiger partial charge in [0.15, 0.2) is 5.78 Å². The first kappa shape index (κ1) is 19.1. The Bertz CT molecular complexity index is 944. The lowest BCUT2D eigenvalue weighted by Gasteiger charge is -2.34. The Balaban J connectivity index is 1.78. The molecule has 1 fully saturated rings. The summed E-state index contributed by atoms with van der Waals surface area (Å²) in [4.78, 5) is 23.8. The fourth-order valence-electron chi connectivity index (χ4n) is 3.98. The topological polar surface area (TPSA) is 56.0 Å². The smallest absolute Gasteiger partial charge is 0.169 e. The molecule has 3 aromatic rings. The van der Waals surface area contributed by atoms with Crippen LogP contribution >= 0.6 is 11.3 Å². The van der Waals surface area contributed by atoms with E-state index in [0.717, 1.165) is 23.4 Å². The van der Waals surface area contributed by atoms with E-state index in [2.05, 4.69) is 31.8 Å². The van der Waals surface area contributed by atoms with E-state index < -0.39 is 0 Å². The molecule has 2 unspecified atom stereocenters. The van der Waals surface area contributed by atoms with Gasteiger partial charge in [0.25, 0.3) is 0 Å². The number of hydrogen-bond acceptors (Lipinski definition) is 5. The molecule has 5 heteroatoms. The van der Waals surface area contributed by atoms with Crippen molar-refractivity contribution in [2.75, 3.05) is 0 Å². The van der Waals surface area contributed by atoms with Gasteiger partial charge in [0.1, 0.15) is 11.3 Å². The van der Waals surface area contributed by atoms with Crippen molar-refractivity contribution in [3.05, 3.63) is 59.3 Å². The molecule has 0 amide bonds. The standard InChI is InChI=1S/C23H26N2O2S/c1-4-10-23(3,15(2)20(26)18-9-12-27-14-18)21-19(16-7-8-16)25-22(28-21)17-6-5-11-24-13-17/h5-6,9,11-16H,4,7-8,10H2,1-3H3. The number of hydrogen-bond donors (Lipinski definition) is 0. The highest BCUT2D eigenvalue weighted by molar-refractivity contribution is 7.15. The number of Topliss-reactive ketones (excluding diaryl/α,β-unsaturated/α-hetero) is 1. The number of aromatic nitrogens is 2. The van der Waals surface area contributed by atoms with Crippen molar-refractivity contribution in [3.63, 3.8) is 0 Å². The third kappa shape index (κ3) is 3.44. The number of rotatable bonds is 8. The summed E-state index contributed by atoms with van der Waals surface area (Å²) < 4.78 is 5.16. The SMILES string of the molecule is CCCC(C)(c1sc(-c2cccnc2)nc1C1CC1)C(C)C(=O)c1ccoc1. The molecule has 1 aliphatic rings. The van der Waals surface area contributed by atoms with Crippen molar-refractivity contribution in [1.29, 1.82) is 0 Å². The number of carbonyl (C=O) groups excluding carboxylic acids is 1. The molecule has 4 nitrogen and oxygen atoms in total. The second-order valence-corrected chi connectivity index (χ2v) is 9.01. The Morgan fingerprint density at radius 1 is 1.39 bits per heavy atom. The lowest BCUT2D eigenvalue weighted by Crippen LogP contribution is -2.35. The molecule has 146 valence electrons. The van der Waals surface area contributed by atoms with E-state index in [4.69, 9.17) is 9.40 Å². The van der Waals surface area contributed by atoms with E-state index in [1.165, 1.54) is 23.4 Å². The van der Waals surface area contributed by atoms with Gasteiger partial charge in [0, 0.05) is 40.1 Å². The summed E-state index contributed by atoms with van der Waals surface area (Å²) >= 11 is 1.74. The number of thiazole rings is 1. The van der Waals surface area contributed by atoms with Gasteiger partial charge in [-0.1, -0.05) is 27.2 Å². The van der Waals surface area contributed by atoms with Crippen LogP contribution in [0.1, 0.15) is 73.3 Å². The van der Waals surface area contributed by atoms with Crippen LogP contribution < -0.4 is 0 Å². The first-order valence-corrected chi connectivity index (χ1v) is 10.8. The summed E-state index contributed by atoms with van der Waals surface area (Å²) in [7, 11) is 0. The molecular formula is C23H26N2O2S. The monoisotopic (exact) mass is 394 g/mol. The Labute approximate surface area is 170 Å². The fraction of sp³-hybridized carbons (Fsp3) is 0.435. The number of carbonyl (C=O) groups is 1. The molecule has 0 saturated heterocycles. The van der Waals surface area contributed by atoms with Crippen molar-refractivity contribution in [3.8, 4) is 10.6 Å².